The molecule has 0 heterocycles. The molecule has 0 aromatic rings. The third kappa shape index (κ3) is 17.2. The summed E-state index contributed by atoms with van der Waals surface area (Å²) in [4.78, 5) is 4.01. The highest BCUT2D eigenvalue weighted by atomic mass is 28.5. The number of rotatable bonds is 20. The lowest BCUT2D eigenvalue weighted by Crippen LogP contribution is -2.55. The first-order chi connectivity index (χ1) is 16.1. The van der Waals surface area contributed by atoms with E-state index in [9.17, 15) is 15.3 Å². The van der Waals surface area contributed by atoms with Crippen LogP contribution in [0.25, 0.3) is 0 Å². The molecule has 0 saturated carbocycles. The highest BCUT2D eigenvalue weighted by Crippen LogP contribution is 2.34. The van der Waals surface area contributed by atoms with Crippen LogP contribution in [0.1, 0.15) is 53.4 Å². The molecule has 0 bridgehead atoms. The Kier molecular flexibility index (Phi) is 16.8. The lowest BCUT2D eigenvalue weighted by atomic mass is 10.2. The Balaban J connectivity index is 5.28. The first-order valence-corrected chi connectivity index (χ1v) is 21.9. The van der Waals surface area contributed by atoms with Crippen molar-refractivity contribution in [1.82, 2.24) is 0 Å². The molecule has 35 heavy (non-hydrogen) atoms. The van der Waals surface area contributed by atoms with Crippen LogP contribution in [-0.4, -0.2) is 96.0 Å². The summed E-state index contributed by atoms with van der Waals surface area (Å²) in [5, 5.41) is 37.6. The molecule has 0 radical (unpaired) electrons. The minimum atomic E-state index is -2.38. The standard InChI is InChI=1S/C24H55NO7Si3/c1-9-16-35(8,31-24(2,3)4)32-34(7,21-33(5,6)17-10-13-26)18-11-15-30-20-23(29)25-22(19-28)12-14-27/h23,26-29H,9-21H2,1-8H3/b25-22-. The number of hydrogen-bond donors (Lipinski definition) is 4. The highest BCUT2D eigenvalue weighted by Gasteiger charge is 2.45. The average molecular weight is 554 g/mol. The van der Waals surface area contributed by atoms with Gasteiger partial charge in [0.25, 0.3) is 0 Å². The van der Waals surface area contributed by atoms with Crippen LogP contribution in [-0.2, 0) is 13.3 Å². The van der Waals surface area contributed by atoms with Gasteiger partial charge in [-0.05, 0) is 64.5 Å². The van der Waals surface area contributed by atoms with Gasteiger partial charge in [0.1, 0.15) is 0 Å². The molecule has 4 N–H and O–H groups in total. The molecule has 0 aliphatic rings. The van der Waals surface area contributed by atoms with Crippen molar-refractivity contribution < 1.29 is 33.7 Å². The molecule has 0 aliphatic carbocycles. The van der Waals surface area contributed by atoms with E-state index in [0.29, 0.717) is 12.3 Å². The lowest BCUT2D eigenvalue weighted by Gasteiger charge is -2.43. The first-order valence-electron chi connectivity index (χ1n) is 13.2. The van der Waals surface area contributed by atoms with Crippen molar-refractivity contribution in [3.63, 3.8) is 0 Å². The van der Waals surface area contributed by atoms with E-state index in [0.717, 1.165) is 43.1 Å². The van der Waals surface area contributed by atoms with Gasteiger partial charge >= 0.3 is 8.56 Å². The summed E-state index contributed by atoms with van der Waals surface area (Å²) in [6, 6.07) is 3.00. The van der Waals surface area contributed by atoms with Crippen LogP contribution < -0.4 is 0 Å². The quantitative estimate of drug-likeness (QED) is 0.102. The molecule has 0 spiro atoms. The van der Waals surface area contributed by atoms with Crippen LogP contribution in [0.4, 0.5) is 0 Å². The molecule has 0 aromatic carbocycles. The molecule has 0 aromatic heterocycles. The topological polar surface area (TPSA) is 121 Å². The van der Waals surface area contributed by atoms with Crippen LogP contribution in [0, 0.1) is 0 Å². The van der Waals surface area contributed by atoms with Crippen LogP contribution in [0.15, 0.2) is 4.99 Å². The molecule has 0 fully saturated rings. The van der Waals surface area contributed by atoms with Crippen LogP contribution >= 0.6 is 0 Å². The smallest absolute Gasteiger partial charge is 0.325 e. The van der Waals surface area contributed by atoms with E-state index >= 15 is 0 Å². The normalized spacial score (nSPS) is 17.8. The molecule has 0 saturated heterocycles. The van der Waals surface area contributed by atoms with Gasteiger partial charge in [-0.2, -0.15) is 0 Å². The fraction of sp³-hybridized carbons (Fsp3) is 0.958. The van der Waals surface area contributed by atoms with E-state index in [1.54, 1.807) is 0 Å². The third-order valence-electron chi connectivity index (χ3n) is 5.73. The third-order valence-corrected chi connectivity index (χ3v) is 21.8. The van der Waals surface area contributed by atoms with E-state index in [2.05, 4.69) is 58.9 Å². The molecular weight excluding hydrogens is 499 g/mol. The molecule has 210 valence electrons. The number of hydrogen-bond acceptors (Lipinski definition) is 8. The average Bonchev–Trinajstić information content (AvgIpc) is 2.69. The van der Waals surface area contributed by atoms with Crippen molar-refractivity contribution in [2.45, 2.75) is 115 Å². The molecule has 3 unspecified atom stereocenters. The largest absolute Gasteiger partial charge is 0.436 e. The van der Waals surface area contributed by atoms with Gasteiger partial charge in [0, 0.05) is 40.0 Å². The summed E-state index contributed by atoms with van der Waals surface area (Å²) in [6.07, 6.45) is 1.90. The van der Waals surface area contributed by atoms with Gasteiger partial charge < -0.3 is 33.7 Å². The lowest BCUT2D eigenvalue weighted by molar-refractivity contribution is 0.0410. The number of nitrogens with zero attached hydrogens (tertiary/aromatic N) is 1. The van der Waals surface area contributed by atoms with E-state index < -0.39 is 31.2 Å². The van der Waals surface area contributed by atoms with Gasteiger partial charge in [-0.15, -0.1) is 0 Å². The second kappa shape index (κ2) is 16.8. The van der Waals surface area contributed by atoms with E-state index in [1.165, 1.54) is 0 Å². The molecule has 3 atom stereocenters. The second-order valence-corrected chi connectivity index (χ2v) is 25.2. The molecule has 0 amide bonds. The summed E-state index contributed by atoms with van der Waals surface area (Å²) in [5.41, 5.74) is 1.23. The number of ether oxygens (including phenoxy) is 1. The second-order valence-electron chi connectivity index (χ2n) is 11.8. The zero-order valence-electron chi connectivity index (χ0n) is 23.7. The summed E-state index contributed by atoms with van der Waals surface area (Å²) in [6.45, 7) is 18.2. The molecule has 11 heteroatoms. The summed E-state index contributed by atoms with van der Waals surface area (Å²) >= 11 is 0. The maximum absolute atomic E-state index is 10.0. The van der Waals surface area contributed by atoms with Gasteiger partial charge in [-0.25, -0.2) is 0 Å². The zero-order valence-corrected chi connectivity index (χ0v) is 26.7. The number of aliphatic imine (C=N–C) groups is 1. The Hall–Kier alpha value is 0.0406. The maximum Gasteiger partial charge on any atom is 0.325 e. The van der Waals surface area contributed by atoms with Gasteiger partial charge in [-0.1, -0.05) is 32.5 Å². The van der Waals surface area contributed by atoms with Crippen molar-refractivity contribution in [1.29, 1.82) is 0 Å². The van der Waals surface area contributed by atoms with Gasteiger partial charge in [0.05, 0.1) is 18.8 Å². The maximum atomic E-state index is 10.0. The van der Waals surface area contributed by atoms with Gasteiger partial charge in [0.2, 0.25) is 0 Å². The first kappa shape index (κ1) is 35.0. The van der Waals surface area contributed by atoms with Crippen molar-refractivity contribution in [3.8, 4) is 0 Å². The van der Waals surface area contributed by atoms with Gasteiger partial charge in [-0.3, -0.25) is 4.99 Å². The van der Waals surface area contributed by atoms with Gasteiger partial charge in [0.15, 0.2) is 14.5 Å². The highest BCUT2D eigenvalue weighted by molar-refractivity contribution is 6.96. The fourth-order valence-corrected chi connectivity index (χ4v) is 24.8. The number of aliphatic hydroxyl groups excluding tert-OH is 4. The molecular formula is C24H55NO7Si3. The summed E-state index contributed by atoms with van der Waals surface area (Å²) in [5.74, 6) is 0. The van der Waals surface area contributed by atoms with Crippen molar-refractivity contribution in [3.05, 3.63) is 0 Å². The number of aliphatic hydroxyl groups is 4. The van der Waals surface area contributed by atoms with E-state index in [4.69, 9.17) is 18.4 Å². The molecule has 0 rings (SSSR count). The Bertz CT molecular complexity index is 604. The minimum Gasteiger partial charge on any atom is -0.436 e. The Morgan fingerprint density at radius 3 is 2.11 bits per heavy atom. The van der Waals surface area contributed by atoms with Crippen LogP contribution in [0.5, 0.6) is 0 Å². The van der Waals surface area contributed by atoms with E-state index in [-0.39, 0.29) is 38.4 Å². The molecule has 0 aliphatic heterocycles. The van der Waals surface area contributed by atoms with E-state index in [1.807, 2.05) is 0 Å². The minimum absolute atomic E-state index is 0.0558. The summed E-state index contributed by atoms with van der Waals surface area (Å²) < 4.78 is 19.4. The molecule has 8 nitrogen and oxygen atoms in total. The van der Waals surface area contributed by atoms with Crippen LogP contribution in [0.3, 0.4) is 0 Å². The Labute approximate surface area is 217 Å². The monoisotopic (exact) mass is 553 g/mol. The fourth-order valence-electron chi connectivity index (χ4n) is 4.88. The summed E-state index contributed by atoms with van der Waals surface area (Å²) in [7, 11) is -6.07. The zero-order chi connectivity index (χ0) is 27.2. The SMILES string of the molecule is CCC[Si](C)(OC(C)(C)C)O[Si](C)(CCCOCC(O)/N=C(\CO)CCO)C[Si](C)(C)CCCO. The van der Waals surface area contributed by atoms with Crippen LogP contribution in [0.2, 0.25) is 50.0 Å². The Morgan fingerprint density at radius 2 is 1.60 bits per heavy atom. The Morgan fingerprint density at radius 1 is 0.943 bits per heavy atom. The predicted octanol–water partition coefficient (Wildman–Crippen LogP) is 4.05. The predicted molar refractivity (Wildman–Crippen MR) is 152 cm³/mol. The van der Waals surface area contributed by atoms with Crippen molar-refractivity contribution in [2.75, 3.05) is 33.0 Å². The van der Waals surface area contributed by atoms with Crippen molar-refractivity contribution >= 4 is 30.7 Å². The van der Waals surface area contributed by atoms with Crippen molar-refractivity contribution in [2.24, 2.45) is 4.99 Å².